The van der Waals surface area contributed by atoms with E-state index in [1.165, 1.54) is 12.5 Å². The molecule has 0 aliphatic carbocycles. The molecule has 6 heteroatoms. The standard InChI is InChI=1S/C8H4N2O4/c9-3-13-7-5(11)1-2-6(12)8(7)14-4-10/h1-2,11-12H. The molecule has 0 saturated heterocycles. The van der Waals surface area contributed by atoms with Crippen molar-refractivity contribution < 1.29 is 19.7 Å². The van der Waals surface area contributed by atoms with Gasteiger partial charge in [0.1, 0.15) is 0 Å². The summed E-state index contributed by atoms with van der Waals surface area (Å²) in [5, 5.41) is 34.8. The first kappa shape index (κ1) is 9.49. The number of phenols is 2. The van der Waals surface area contributed by atoms with E-state index in [1.807, 2.05) is 0 Å². The fourth-order valence-corrected chi connectivity index (χ4v) is 0.830. The average Bonchev–Trinajstić information content (AvgIpc) is 2.17. The zero-order valence-electron chi connectivity index (χ0n) is 6.76. The lowest BCUT2D eigenvalue weighted by Gasteiger charge is -2.05. The SMILES string of the molecule is N#COc1c(O)ccc(O)c1OC#N. The smallest absolute Gasteiger partial charge is 0.292 e. The van der Waals surface area contributed by atoms with Crippen molar-refractivity contribution in [1.82, 2.24) is 0 Å². The minimum absolute atomic E-state index is 0.394. The lowest BCUT2D eigenvalue weighted by molar-refractivity contribution is 0.371. The summed E-state index contributed by atoms with van der Waals surface area (Å²) in [5.41, 5.74) is 0. The van der Waals surface area contributed by atoms with Crippen LogP contribution < -0.4 is 9.47 Å². The van der Waals surface area contributed by atoms with E-state index in [0.717, 1.165) is 12.1 Å². The molecular weight excluding hydrogens is 188 g/mol. The van der Waals surface area contributed by atoms with Gasteiger partial charge in [0.25, 0.3) is 12.5 Å². The van der Waals surface area contributed by atoms with Gasteiger partial charge in [-0.2, -0.15) is 0 Å². The van der Waals surface area contributed by atoms with E-state index in [-0.39, 0.29) is 0 Å². The highest BCUT2D eigenvalue weighted by Crippen LogP contribution is 2.42. The summed E-state index contributed by atoms with van der Waals surface area (Å²) in [6.07, 6.45) is 2.58. The number of aromatic hydroxyl groups is 2. The molecule has 0 radical (unpaired) electrons. The fraction of sp³-hybridized carbons (Fsp3) is 0. The number of ether oxygens (including phenoxy) is 2. The Bertz CT molecular complexity index is 389. The molecule has 6 nitrogen and oxygen atoms in total. The Labute approximate surface area is 78.8 Å². The molecule has 0 atom stereocenters. The maximum atomic E-state index is 9.20. The molecule has 0 bridgehead atoms. The van der Waals surface area contributed by atoms with Crippen LogP contribution in [0.25, 0.3) is 0 Å². The van der Waals surface area contributed by atoms with Crippen LogP contribution in [-0.2, 0) is 0 Å². The molecule has 0 heterocycles. The van der Waals surface area contributed by atoms with Gasteiger partial charge in [-0.3, -0.25) is 0 Å². The van der Waals surface area contributed by atoms with Crippen LogP contribution >= 0.6 is 0 Å². The molecule has 1 rings (SSSR count). The Hall–Kier alpha value is -2.60. The van der Waals surface area contributed by atoms with Crippen LogP contribution in [0.2, 0.25) is 0 Å². The summed E-state index contributed by atoms with van der Waals surface area (Å²) in [6.45, 7) is 0. The lowest BCUT2D eigenvalue weighted by Crippen LogP contribution is -1.90. The molecule has 0 aliphatic rings. The Morgan fingerprint density at radius 3 is 1.57 bits per heavy atom. The van der Waals surface area contributed by atoms with E-state index in [1.54, 1.807) is 0 Å². The lowest BCUT2D eigenvalue weighted by atomic mass is 10.2. The second-order valence-electron chi connectivity index (χ2n) is 2.15. The van der Waals surface area contributed by atoms with Crippen LogP contribution in [0, 0.1) is 23.0 Å². The number of benzene rings is 1. The molecule has 0 aliphatic heterocycles. The number of hydrogen-bond donors (Lipinski definition) is 2. The van der Waals surface area contributed by atoms with E-state index in [0.29, 0.717) is 0 Å². The second kappa shape index (κ2) is 3.87. The molecule has 1 aromatic carbocycles. The van der Waals surface area contributed by atoms with Crippen molar-refractivity contribution in [2.45, 2.75) is 0 Å². The van der Waals surface area contributed by atoms with Gasteiger partial charge < -0.3 is 19.7 Å². The Balaban J connectivity index is 3.29. The van der Waals surface area contributed by atoms with E-state index >= 15 is 0 Å². The minimum atomic E-state index is -0.408. The molecule has 14 heavy (non-hydrogen) atoms. The summed E-state index contributed by atoms with van der Waals surface area (Å²) >= 11 is 0. The normalized spacial score (nSPS) is 8.43. The predicted molar refractivity (Wildman–Crippen MR) is 42.3 cm³/mol. The molecule has 1 aromatic rings. The van der Waals surface area contributed by atoms with Crippen LogP contribution in [0.4, 0.5) is 0 Å². The van der Waals surface area contributed by atoms with E-state index in [9.17, 15) is 10.2 Å². The van der Waals surface area contributed by atoms with Crippen LogP contribution in [0.1, 0.15) is 0 Å². The van der Waals surface area contributed by atoms with Gasteiger partial charge in [-0.25, -0.2) is 0 Å². The molecule has 0 saturated carbocycles. The quantitative estimate of drug-likeness (QED) is 0.530. The molecule has 2 N–H and O–H groups in total. The third kappa shape index (κ3) is 1.59. The zero-order valence-corrected chi connectivity index (χ0v) is 6.76. The molecule has 70 valence electrons. The molecule has 0 aromatic heterocycles. The van der Waals surface area contributed by atoms with Gasteiger partial charge in [-0.05, 0) is 12.1 Å². The van der Waals surface area contributed by atoms with Crippen molar-refractivity contribution in [3.05, 3.63) is 12.1 Å². The molecule has 0 spiro atoms. The third-order valence-corrected chi connectivity index (χ3v) is 1.37. The van der Waals surface area contributed by atoms with Gasteiger partial charge in [0, 0.05) is 0 Å². The minimum Gasteiger partial charge on any atom is -0.504 e. The summed E-state index contributed by atoms with van der Waals surface area (Å²) in [6, 6.07) is 2.21. The highest BCUT2D eigenvalue weighted by Gasteiger charge is 2.16. The Morgan fingerprint density at radius 1 is 0.929 bits per heavy atom. The molecular formula is C8H4N2O4. The fourth-order valence-electron chi connectivity index (χ4n) is 0.830. The number of nitriles is 2. The zero-order chi connectivity index (χ0) is 10.6. The first-order chi connectivity index (χ1) is 6.70. The van der Waals surface area contributed by atoms with Crippen LogP contribution in [-0.4, -0.2) is 10.2 Å². The Morgan fingerprint density at radius 2 is 1.29 bits per heavy atom. The second-order valence-corrected chi connectivity index (χ2v) is 2.15. The van der Waals surface area contributed by atoms with Crippen molar-refractivity contribution in [2.75, 3.05) is 0 Å². The van der Waals surface area contributed by atoms with E-state index in [2.05, 4.69) is 9.47 Å². The highest BCUT2D eigenvalue weighted by molar-refractivity contribution is 5.58. The van der Waals surface area contributed by atoms with Crippen molar-refractivity contribution in [3.8, 4) is 35.5 Å². The van der Waals surface area contributed by atoms with Gasteiger partial charge in [0.05, 0.1) is 0 Å². The van der Waals surface area contributed by atoms with E-state index < -0.39 is 23.0 Å². The van der Waals surface area contributed by atoms with Crippen molar-refractivity contribution in [3.63, 3.8) is 0 Å². The summed E-state index contributed by atoms with van der Waals surface area (Å²) in [7, 11) is 0. The van der Waals surface area contributed by atoms with Gasteiger partial charge in [-0.1, -0.05) is 0 Å². The molecule has 0 fully saturated rings. The average molecular weight is 192 g/mol. The van der Waals surface area contributed by atoms with Crippen LogP contribution in [0.3, 0.4) is 0 Å². The van der Waals surface area contributed by atoms with E-state index in [4.69, 9.17) is 10.5 Å². The maximum Gasteiger partial charge on any atom is 0.292 e. The first-order valence-electron chi connectivity index (χ1n) is 3.37. The number of nitrogens with zero attached hydrogens (tertiary/aromatic N) is 2. The third-order valence-electron chi connectivity index (χ3n) is 1.37. The number of rotatable bonds is 2. The summed E-state index contributed by atoms with van der Waals surface area (Å²) in [5.74, 6) is -1.60. The molecule has 0 unspecified atom stereocenters. The number of hydrogen-bond acceptors (Lipinski definition) is 6. The van der Waals surface area contributed by atoms with Crippen LogP contribution in [0.5, 0.6) is 23.0 Å². The predicted octanol–water partition coefficient (Wildman–Crippen LogP) is 0.818. The number of phenolic OH excluding ortho intramolecular Hbond substituents is 2. The summed E-state index contributed by atoms with van der Waals surface area (Å²) in [4.78, 5) is 0. The molecule has 0 amide bonds. The van der Waals surface area contributed by atoms with Gasteiger partial charge in [-0.15, -0.1) is 10.5 Å². The highest BCUT2D eigenvalue weighted by atomic mass is 16.5. The summed E-state index contributed by atoms with van der Waals surface area (Å²) < 4.78 is 8.64. The van der Waals surface area contributed by atoms with Gasteiger partial charge >= 0.3 is 0 Å². The van der Waals surface area contributed by atoms with Crippen LogP contribution in [0.15, 0.2) is 12.1 Å². The Kier molecular flexibility index (Phi) is 2.63. The topological polar surface area (TPSA) is 106 Å². The van der Waals surface area contributed by atoms with Crippen molar-refractivity contribution >= 4 is 0 Å². The van der Waals surface area contributed by atoms with Gasteiger partial charge in [0.2, 0.25) is 11.5 Å². The van der Waals surface area contributed by atoms with Crippen molar-refractivity contribution in [1.29, 1.82) is 10.5 Å². The largest absolute Gasteiger partial charge is 0.504 e. The monoisotopic (exact) mass is 192 g/mol. The van der Waals surface area contributed by atoms with Gasteiger partial charge in [0.15, 0.2) is 11.5 Å². The maximum absolute atomic E-state index is 9.20. The van der Waals surface area contributed by atoms with Crippen molar-refractivity contribution in [2.24, 2.45) is 0 Å². The first-order valence-corrected chi connectivity index (χ1v) is 3.37.